The molecule has 1 unspecified atom stereocenters. The second-order valence-corrected chi connectivity index (χ2v) is 9.17. The predicted molar refractivity (Wildman–Crippen MR) is 99.0 cm³/mol. The molecule has 1 atom stereocenters. The van der Waals surface area contributed by atoms with Crippen LogP contribution in [0.4, 0.5) is 0 Å². The van der Waals surface area contributed by atoms with Gasteiger partial charge in [-0.15, -0.1) is 0 Å². The summed E-state index contributed by atoms with van der Waals surface area (Å²) in [7, 11) is -3.60. The molecular formula is C20H25NO3S. The minimum atomic E-state index is -3.60. The molecule has 2 aromatic carbocycles. The minimum Gasteiger partial charge on any atom is -0.370 e. The zero-order chi connectivity index (χ0) is 18.2. The van der Waals surface area contributed by atoms with E-state index < -0.39 is 15.6 Å². The van der Waals surface area contributed by atoms with Crippen molar-refractivity contribution in [3.63, 3.8) is 0 Å². The molecule has 25 heavy (non-hydrogen) atoms. The highest BCUT2D eigenvalue weighted by atomic mass is 32.2. The quantitative estimate of drug-likeness (QED) is 0.836. The summed E-state index contributed by atoms with van der Waals surface area (Å²) in [5.41, 5.74) is 2.47. The van der Waals surface area contributed by atoms with Crippen LogP contribution in [0.1, 0.15) is 36.6 Å². The summed E-state index contributed by atoms with van der Waals surface area (Å²) in [6.07, 6.45) is -0.254. The van der Waals surface area contributed by atoms with Gasteiger partial charge in [-0.3, -0.25) is 0 Å². The number of morpholine rings is 1. The maximum atomic E-state index is 13.3. The average molecular weight is 359 g/mol. The summed E-state index contributed by atoms with van der Waals surface area (Å²) in [5.74, 6) is 0. The zero-order valence-corrected chi connectivity index (χ0v) is 16.0. The van der Waals surface area contributed by atoms with Crippen LogP contribution in [0.15, 0.2) is 53.4 Å². The zero-order valence-electron chi connectivity index (χ0n) is 15.2. The summed E-state index contributed by atoms with van der Waals surface area (Å²) in [5, 5.41) is 0. The van der Waals surface area contributed by atoms with Gasteiger partial charge >= 0.3 is 0 Å². The molecule has 0 aromatic heterocycles. The van der Waals surface area contributed by atoms with E-state index in [-0.39, 0.29) is 6.10 Å². The first-order chi connectivity index (χ1) is 11.7. The number of hydrogen-bond donors (Lipinski definition) is 0. The van der Waals surface area contributed by atoms with Crippen LogP contribution in [0.3, 0.4) is 0 Å². The molecule has 0 radical (unpaired) electrons. The molecule has 0 spiro atoms. The predicted octanol–water partition coefficient (Wildman–Crippen LogP) is 3.84. The van der Waals surface area contributed by atoms with Gasteiger partial charge in [0, 0.05) is 6.54 Å². The second kappa shape index (κ2) is 6.56. The smallest absolute Gasteiger partial charge is 0.243 e. The highest BCUT2D eigenvalue weighted by molar-refractivity contribution is 7.89. The largest absolute Gasteiger partial charge is 0.370 e. The first-order valence-corrected chi connectivity index (χ1v) is 9.92. The molecule has 4 nitrogen and oxygen atoms in total. The molecule has 1 fully saturated rings. The Hall–Kier alpha value is -1.69. The Labute approximate surface area is 150 Å². The summed E-state index contributed by atoms with van der Waals surface area (Å²) >= 11 is 0. The van der Waals surface area contributed by atoms with Crippen LogP contribution < -0.4 is 0 Å². The third-order valence-corrected chi connectivity index (χ3v) is 6.96. The summed E-state index contributed by atoms with van der Waals surface area (Å²) in [6.45, 7) is 8.41. The van der Waals surface area contributed by atoms with E-state index >= 15 is 0 Å². The molecule has 3 rings (SSSR count). The fraction of sp³-hybridized carbons (Fsp3) is 0.400. The molecule has 5 heteroatoms. The van der Waals surface area contributed by atoms with E-state index in [1.54, 1.807) is 16.4 Å². The molecule has 0 bridgehead atoms. The van der Waals surface area contributed by atoms with Gasteiger partial charge in [-0.05, 0) is 56.5 Å². The van der Waals surface area contributed by atoms with Gasteiger partial charge < -0.3 is 4.74 Å². The van der Waals surface area contributed by atoms with E-state index in [1.807, 2.05) is 64.1 Å². The Balaban J connectivity index is 1.97. The van der Waals surface area contributed by atoms with Gasteiger partial charge in [0.15, 0.2) is 0 Å². The lowest BCUT2D eigenvalue weighted by molar-refractivity contribution is -0.0655. The number of hydrogen-bond acceptors (Lipinski definition) is 3. The van der Waals surface area contributed by atoms with Gasteiger partial charge in [0.25, 0.3) is 0 Å². The number of benzene rings is 2. The second-order valence-electron chi connectivity index (χ2n) is 7.30. The maximum Gasteiger partial charge on any atom is 0.243 e. The van der Waals surface area contributed by atoms with E-state index in [0.717, 1.165) is 16.7 Å². The Morgan fingerprint density at radius 1 is 1.04 bits per heavy atom. The van der Waals surface area contributed by atoms with E-state index in [0.29, 0.717) is 18.0 Å². The van der Waals surface area contributed by atoms with E-state index in [9.17, 15) is 8.42 Å². The molecule has 0 aliphatic carbocycles. The number of nitrogens with zero attached hydrogens (tertiary/aromatic N) is 1. The summed E-state index contributed by atoms with van der Waals surface area (Å²) < 4.78 is 34.2. The van der Waals surface area contributed by atoms with Gasteiger partial charge in [-0.1, -0.05) is 36.4 Å². The third kappa shape index (κ3) is 3.50. The van der Waals surface area contributed by atoms with Crippen molar-refractivity contribution in [3.8, 4) is 0 Å². The summed E-state index contributed by atoms with van der Waals surface area (Å²) in [4.78, 5) is 0.345. The Kier molecular flexibility index (Phi) is 4.75. The van der Waals surface area contributed by atoms with Crippen LogP contribution in [-0.2, 0) is 14.8 Å². The van der Waals surface area contributed by atoms with Crippen molar-refractivity contribution in [3.05, 3.63) is 65.2 Å². The van der Waals surface area contributed by atoms with Gasteiger partial charge in [0.05, 0.1) is 23.1 Å². The first-order valence-electron chi connectivity index (χ1n) is 8.48. The number of ether oxygens (including phenoxy) is 1. The van der Waals surface area contributed by atoms with Crippen molar-refractivity contribution in [2.75, 3.05) is 13.2 Å². The van der Waals surface area contributed by atoms with Crippen molar-refractivity contribution in [2.24, 2.45) is 0 Å². The SMILES string of the molecule is Cc1ccc(S(=O)(=O)N2CC(c3ccccc3)OCC2(C)C)cc1C. The van der Waals surface area contributed by atoms with Crippen LogP contribution in [0.5, 0.6) is 0 Å². The molecule has 134 valence electrons. The molecule has 0 saturated carbocycles. The van der Waals surface area contributed by atoms with Gasteiger partial charge in [0.1, 0.15) is 0 Å². The van der Waals surface area contributed by atoms with E-state index in [4.69, 9.17) is 4.74 Å². The van der Waals surface area contributed by atoms with Crippen LogP contribution in [0, 0.1) is 13.8 Å². The lowest BCUT2D eigenvalue weighted by atomic mass is 10.0. The molecule has 1 aliphatic heterocycles. The number of aryl methyl sites for hydroxylation is 2. The fourth-order valence-electron chi connectivity index (χ4n) is 3.12. The molecule has 0 amide bonds. The molecule has 1 heterocycles. The van der Waals surface area contributed by atoms with Crippen molar-refractivity contribution in [1.29, 1.82) is 0 Å². The molecule has 2 aromatic rings. The first kappa shape index (κ1) is 18.1. The molecule has 1 aliphatic rings. The van der Waals surface area contributed by atoms with E-state index in [2.05, 4.69) is 0 Å². The normalized spacial score (nSPS) is 21.2. The summed E-state index contributed by atoms with van der Waals surface area (Å²) in [6, 6.07) is 15.1. The number of rotatable bonds is 3. The van der Waals surface area contributed by atoms with Crippen LogP contribution in [0.25, 0.3) is 0 Å². The molecule has 1 saturated heterocycles. The number of sulfonamides is 1. The van der Waals surface area contributed by atoms with Crippen molar-refractivity contribution in [1.82, 2.24) is 4.31 Å². The third-order valence-electron chi connectivity index (χ3n) is 4.88. The standard InChI is InChI=1S/C20H25NO3S/c1-15-10-11-18(12-16(15)2)25(22,23)21-13-19(24-14-20(21,3)4)17-8-6-5-7-9-17/h5-12,19H,13-14H2,1-4H3. The molecular weight excluding hydrogens is 334 g/mol. The Morgan fingerprint density at radius 2 is 1.72 bits per heavy atom. The lowest BCUT2D eigenvalue weighted by Gasteiger charge is -2.44. The van der Waals surface area contributed by atoms with Gasteiger partial charge in [-0.25, -0.2) is 8.42 Å². The van der Waals surface area contributed by atoms with Crippen molar-refractivity contribution < 1.29 is 13.2 Å². The lowest BCUT2D eigenvalue weighted by Crippen LogP contribution is -2.56. The Morgan fingerprint density at radius 3 is 2.36 bits per heavy atom. The van der Waals surface area contributed by atoms with Crippen molar-refractivity contribution in [2.45, 2.75) is 44.2 Å². The van der Waals surface area contributed by atoms with Crippen LogP contribution in [0.2, 0.25) is 0 Å². The van der Waals surface area contributed by atoms with Crippen LogP contribution in [-0.4, -0.2) is 31.4 Å². The van der Waals surface area contributed by atoms with Crippen LogP contribution >= 0.6 is 0 Å². The van der Waals surface area contributed by atoms with Gasteiger partial charge in [-0.2, -0.15) is 4.31 Å². The average Bonchev–Trinajstić information content (AvgIpc) is 2.57. The van der Waals surface area contributed by atoms with Crippen molar-refractivity contribution >= 4 is 10.0 Å². The fourth-order valence-corrected chi connectivity index (χ4v) is 4.98. The highest BCUT2D eigenvalue weighted by Crippen LogP contribution is 2.34. The monoisotopic (exact) mass is 359 g/mol. The minimum absolute atomic E-state index is 0.254. The topological polar surface area (TPSA) is 46.6 Å². The maximum absolute atomic E-state index is 13.3. The van der Waals surface area contributed by atoms with E-state index in [1.165, 1.54) is 0 Å². The Bertz CT molecular complexity index is 860. The highest BCUT2D eigenvalue weighted by Gasteiger charge is 2.43. The molecule has 0 N–H and O–H groups in total. The van der Waals surface area contributed by atoms with Gasteiger partial charge in [0.2, 0.25) is 10.0 Å².